The first-order valence-electron chi connectivity index (χ1n) is 8.63. The summed E-state index contributed by atoms with van der Waals surface area (Å²) < 4.78 is 11.1. The Labute approximate surface area is 157 Å². The van der Waals surface area contributed by atoms with Crippen molar-refractivity contribution < 1.29 is 23.9 Å². The number of esters is 1. The first-order valence-corrected chi connectivity index (χ1v) is 8.63. The lowest BCUT2D eigenvalue weighted by Gasteiger charge is -2.38. The van der Waals surface area contributed by atoms with Crippen molar-refractivity contribution in [2.24, 2.45) is 0 Å². The molecule has 1 heterocycles. The van der Waals surface area contributed by atoms with Crippen molar-refractivity contribution in [1.29, 1.82) is 0 Å². The molecule has 140 valence electrons. The van der Waals surface area contributed by atoms with Gasteiger partial charge in [0.1, 0.15) is 18.9 Å². The summed E-state index contributed by atoms with van der Waals surface area (Å²) in [6.45, 7) is 4.59. The molecule has 3 rings (SSSR count). The maximum absolute atomic E-state index is 12.8. The summed E-state index contributed by atoms with van der Waals surface area (Å²) in [6, 6.07) is 14.1. The van der Waals surface area contributed by atoms with Crippen LogP contribution in [0.15, 0.2) is 48.5 Å². The number of carbonyl (C=O) groups is 3. The molecule has 1 aliphatic heterocycles. The van der Waals surface area contributed by atoms with Crippen LogP contribution in [0.25, 0.3) is 0 Å². The third-order valence-corrected chi connectivity index (χ3v) is 4.31. The summed E-state index contributed by atoms with van der Waals surface area (Å²) in [5.41, 5.74) is 0.569. The topological polar surface area (TPSA) is 72.9 Å². The maximum Gasteiger partial charge on any atom is 0.326 e. The van der Waals surface area contributed by atoms with Gasteiger partial charge >= 0.3 is 5.97 Å². The van der Waals surface area contributed by atoms with E-state index in [2.05, 4.69) is 0 Å². The van der Waals surface area contributed by atoms with Gasteiger partial charge in [-0.25, -0.2) is 0 Å². The highest BCUT2D eigenvalue weighted by atomic mass is 16.5. The van der Waals surface area contributed by atoms with E-state index in [9.17, 15) is 14.4 Å². The van der Waals surface area contributed by atoms with E-state index in [0.29, 0.717) is 17.0 Å². The van der Waals surface area contributed by atoms with E-state index in [0.717, 1.165) is 5.56 Å². The fraction of sp³-hybridized carbons (Fsp3) is 0.286. The SMILES string of the molecule is CC(=O)c1ccc2c(c1)N(CC(=O)OCc1ccccc1)C(=O)C(C)(C)O2. The van der Waals surface area contributed by atoms with Crippen molar-refractivity contribution >= 4 is 23.3 Å². The van der Waals surface area contributed by atoms with Gasteiger partial charge in [-0.05, 0) is 44.5 Å². The van der Waals surface area contributed by atoms with Crippen molar-refractivity contribution in [2.45, 2.75) is 33.0 Å². The molecule has 2 aromatic rings. The number of hydrogen-bond donors (Lipinski definition) is 0. The van der Waals surface area contributed by atoms with E-state index in [1.165, 1.54) is 11.8 Å². The molecule has 0 atom stereocenters. The fourth-order valence-corrected chi connectivity index (χ4v) is 2.86. The quantitative estimate of drug-likeness (QED) is 0.600. The van der Waals surface area contributed by atoms with Crippen LogP contribution in [0, 0.1) is 0 Å². The number of anilines is 1. The summed E-state index contributed by atoms with van der Waals surface area (Å²) >= 11 is 0. The van der Waals surface area contributed by atoms with Crippen LogP contribution in [-0.4, -0.2) is 29.8 Å². The van der Waals surface area contributed by atoms with E-state index in [-0.39, 0.29) is 24.8 Å². The van der Waals surface area contributed by atoms with Gasteiger partial charge in [-0.3, -0.25) is 19.3 Å². The molecule has 0 saturated carbocycles. The molecular formula is C21H21NO5. The molecule has 0 bridgehead atoms. The van der Waals surface area contributed by atoms with Crippen LogP contribution in [-0.2, 0) is 20.9 Å². The third-order valence-electron chi connectivity index (χ3n) is 4.31. The molecule has 0 N–H and O–H groups in total. The minimum Gasteiger partial charge on any atom is -0.476 e. The van der Waals surface area contributed by atoms with Crippen LogP contribution in [0.2, 0.25) is 0 Å². The molecule has 0 fully saturated rings. The zero-order valence-electron chi connectivity index (χ0n) is 15.5. The number of benzene rings is 2. The largest absolute Gasteiger partial charge is 0.476 e. The van der Waals surface area contributed by atoms with E-state index in [1.807, 2.05) is 30.3 Å². The highest BCUT2D eigenvalue weighted by Gasteiger charge is 2.42. The highest BCUT2D eigenvalue weighted by Crippen LogP contribution is 2.38. The summed E-state index contributed by atoms with van der Waals surface area (Å²) in [5, 5.41) is 0. The molecule has 6 nitrogen and oxygen atoms in total. The molecular weight excluding hydrogens is 346 g/mol. The molecule has 0 aliphatic carbocycles. The predicted octanol–water partition coefficient (Wildman–Crippen LogP) is 3.14. The number of ether oxygens (including phenoxy) is 2. The molecule has 0 unspecified atom stereocenters. The van der Waals surface area contributed by atoms with Gasteiger partial charge in [0, 0.05) is 5.56 Å². The Morgan fingerprint density at radius 1 is 1.11 bits per heavy atom. The number of carbonyl (C=O) groups excluding carboxylic acids is 3. The number of ketones is 1. The van der Waals surface area contributed by atoms with E-state index in [1.54, 1.807) is 32.0 Å². The van der Waals surface area contributed by atoms with Gasteiger partial charge in [-0.1, -0.05) is 30.3 Å². The van der Waals surface area contributed by atoms with Crippen LogP contribution < -0.4 is 9.64 Å². The second kappa shape index (κ2) is 7.23. The van der Waals surface area contributed by atoms with Gasteiger partial charge in [0.05, 0.1) is 5.69 Å². The normalized spacial score (nSPS) is 14.9. The Balaban J connectivity index is 1.82. The zero-order valence-corrected chi connectivity index (χ0v) is 15.5. The number of fused-ring (bicyclic) bond motifs is 1. The van der Waals surface area contributed by atoms with Gasteiger partial charge in [0.15, 0.2) is 11.4 Å². The van der Waals surface area contributed by atoms with E-state index in [4.69, 9.17) is 9.47 Å². The van der Waals surface area contributed by atoms with Crippen molar-refractivity contribution in [3.63, 3.8) is 0 Å². The summed E-state index contributed by atoms with van der Waals surface area (Å²) in [5.74, 6) is -0.599. The minimum atomic E-state index is -1.12. The maximum atomic E-state index is 12.8. The number of amides is 1. The number of hydrogen-bond acceptors (Lipinski definition) is 5. The third kappa shape index (κ3) is 4.00. The summed E-state index contributed by atoms with van der Waals surface area (Å²) in [6.07, 6.45) is 0. The lowest BCUT2D eigenvalue weighted by molar-refractivity contribution is -0.145. The van der Waals surface area contributed by atoms with Crippen LogP contribution in [0.5, 0.6) is 5.75 Å². The molecule has 6 heteroatoms. The van der Waals surface area contributed by atoms with Crippen molar-refractivity contribution in [2.75, 3.05) is 11.4 Å². The van der Waals surface area contributed by atoms with E-state index >= 15 is 0 Å². The second-order valence-electron chi connectivity index (χ2n) is 6.89. The van der Waals surface area contributed by atoms with Crippen LogP contribution in [0.4, 0.5) is 5.69 Å². The fourth-order valence-electron chi connectivity index (χ4n) is 2.86. The molecule has 0 spiro atoms. The van der Waals surface area contributed by atoms with E-state index < -0.39 is 11.6 Å². The Morgan fingerprint density at radius 2 is 1.81 bits per heavy atom. The Bertz CT molecular complexity index is 889. The number of nitrogens with zero attached hydrogens (tertiary/aromatic N) is 1. The van der Waals surface area contributed by atoms with Gasteiger partial charge in [-0.15, -0.1) is 0 Å². The smallest absolute Gasteiger partial charge is 0.326 e. The molecule has 27 heavy (non-hydrogen) atoms. The monoisotopic (exact) mass is 367 g/mol. The number of rotatable bonds is 5. The van der Waals surface area contributed by atoms with Gasteiger partial charge in [0.2, 0.25) is 0 Å². The lowest BCUT2D eigenvalue weighted by Crippen LogP contribution is -2.54. The Morgan fingerprint density at radius 3 is 2.48 bits per heavy atom. The number of Topliss-reactive ketones (excluding diaryl/α,β-unsaturated/α-hetero) is 1. The Kier molecular flexibility index (Phi) is 4.99. The molecule has 1 amide bonds. The molecule has 1 aliphatic rings. The van der Waals surface area contributed by atoms with Crippen LogP contribution in [0.3, 0.4) is 0 Å². The van der Waals surface area contributed by atoms with Crippen LogP contribution in [0.1, 0.15) is 36.7 Å². The standard InChI is InChI=1S/C21H21NO5/c1-14(23)16-9-10-18-17(11-16)22(20(25)21(2,3)27-18)12-19(24)26-13-15-7-5-4-6-8-15/h4-11H,12-13H2,1-3H3. The predicted molar refractivity (Wildman–Crippen MR) is 99.7 cm³/mol. The summed E-state index contributed by atoms with van der Waals surface area (Å²) in [7, 11) is 0. The summed E-state index contributed by atoms with van der Waals surface area (Å²) in [4.78, 5) is 38.2. The van der Waals surface area contributed by atoms with Crippen molar-refractivity contribution in [3.8, 4) is 5.75 Å². The first kappa shape index (κ1) is 18.6. The molecule has 0 aromatic heterocycles. The molecule has 0 saturated heterocycles. The van der Waals surface area contributed by atoms with Gasteiger partial charge in [-0.2, -0.15) is 0 Å². The zero-order chi connectivity index (χ0) is 19.6. The average Bonchev–Trinajstić information content (AvgIpc) is 2.64. The van der Waals surface area contributed by atoms with Crippen molar-refractivity contribution in [1.82, 2.24) is 0 Å². The highest BCUT2D eigenvalue weighted by molar-refractivity contribution is 6.06. The molecule has 2 aromatic carbocycles. The Hall–Kier alpha value is -3.15. The van der Waals surface area contributed by atoms with Gasteiger partial charge < -0.3 is 9.47 Å². The van der Waals surface area contributed by atoms with Gasteiger partial charge in [0.25, 0.3) is 5.91 Å². The second-order valence-corrected chi connectivity index (χ2v) is 6.89. The molecule has 0 radical (unpaired) electrons. The van der Waals surface area contributed by atoms with Crippen molar-refractivity contribution in [3.05, 3.63) is 59.7 Å². The first-order chi connectivity index (χ1) is 12.8. The lowest BCUT2D eigenvalue weighted by atomic mass is 10.0. The van der Waals surface area contributed by atoms with Crippen LogP contribution >= 0.6 is 0 Å². The minimum absolute atomic E-state index is 0.127. The average molecular weight is 367 g/mol.